The van der Waals surface area contributed by atoms with Crippen molar-refractivity contribution in [3.05, 3.63) is 53.1 Å². The Morgan fingerprint density at radius 3 is 2.32 bits per heavy atom. The summed E-state index contributed by atoms with van der Waals surface area (Å²) >= 11 is 1.33. The van der Waals surface area contributed by atoms with Crippen LogP contribution in [0.2, 0.25) is 0 Å². The molecule has 2 aromatic carbocycles. The second-order valence-corrected chi connectivity index (χ2v) is 7.97. The molecule has 6 heteroatoms. The third-order valence-corrected chi connectivity index (χ3v) is 6.11. The van der Waals surface area contributed by atoms with E-state index in [4.69, 9.17) is 0 Å². The van der Waals surface area contributed by atoms with E-state index in [1.165, 1.54) is 11.3 Å². The first-order valence-electron chi connectivity index (χ1n) is 6.83. The van der Waals surface area contributed by atoms with Gasteiger partial charge < -0.3 is 0 Å². The first-order valence-corrected chi connectivity index (χ1v) is 9.13. The van der Waals surface area contributed by atoms with Gasteiger partial charge in [-0.25, -0.2) is 13.4 Å². The zero-order valence-corrected chi connectivity index (χ0v) is 14.2. The van der Waals surface area contributed by atoms with Gasteiger partial charge in [-0.05, 0) is 44.0 Å². The Labute approximate surface area is 133 Å². The predicted octanol–water partition coefficient (Wildman–Crippen LogP) is 4.02. The first kappa shape index (κ1) is 15.0. The summed E-state index contributed by atoms with van der Waals surface area (Å²) in [6, 6.07) is 11.3. The standard InChI is InChI=1S/C16H16N2O2S2/c1-10-8-11(2)15(12(3)9-10)22(19,20)18-16-17-13-6-4-5-7-14(13)21-16/h4-9H,1-3H3,(H,17,18). The van der Waals surface area contributed by atoms with Crippen molar-refractivity contribution < 1.29 is 8.42 Å². The van der Waals surface area contributed by atoms with Gasteiger partial charge in [0, 0.05) is 0 Å². The summed E-state index contributed by atoms with van der Waals surface area (Å²) in [4.78, 5) is 4.66. The lowest BCUT2D eigenvalue weighted by atomic mass is 10.1. The largest absolute Gasteiger partial charge is 0.264 e. The van der Waals surface area contributed by atoms with Crippen LogP contribution < -0.4 is 4.72 Å². The van der Waals surface area contributed by atoms with E-state index in [0.717, 1.165) is 26.9 Å². The van der Waals surface area contributed by atoms with Gasteiger partial charge in [-0.3, -0.25) is 4.72 Å². The zero-order chi connectivity index (χ0) is 15.9. The number of anilines is 1. The molecule has 4 nitrogen and oxygen atoms in total. The minimum Gasteiger partial charge on any atom is -0.255 e. The molecule has 114 valence electrons. The van der Waals surface area contributed by atoms with E-state index >= 15 is 0 Å². The summed E-state index contributed by atoms with van der Waals surface area (Å²) in [6.07, 6.45) is 0. The third-order valence-electron chi connectivity index (χ3n) is 3.39. The molecule has 0 fully saturated rings. The van der Waals surface area contributed by atoms with Crippen LogP contribution >= 0.6 is 11.3 Å². The molecule has 3 rings (SSSR count). The van der Waals surface area contributed by atoms with Gasteiger partial charge >= 0.3 is 0 Å². The molecule has 3 aromatic rings. The molecule has 1 N–H and O–H groups in total. The van der Waals surface area contributed by atoms with Crippen LogP contribution in [0.25, 0.3) is 10.2 Å². The summed E-state index contributed by atoms with van der Waals surface area (Å²) in [5, 5.41) is 0.389. The lowest BCUT2D eigenvalue weighted by Crippen LogP contribution is -2.15. The van der Waals surface area contributed by atoms with Crippen molar-refractivity contribution in [3.63, 3.8) is 0 Å². The number of thiazole rings is 1. The van der Waals surface area contributed by atoms with Crippen molar-refractivity contribution in [2.45, 2.75) is 25.7 Å². The fourth-order valence-corrected chi connectivity index (χ4v) is 5.23. The van der Waals surface area contributed by atoms with Crippen molar-refractivity contribution in [1.29, 1.82) is 0 Å². The highest BCUT2D eigenvalue weighted by Gasteiger charge is 2.21. The van der Waals surface area contributed by atoms with Crippen molar-refractivity contribution in [1.82, 2.24) is 4.98 Å². The summed E-state index contributed by atoms with van der Waals surface area (Å²) in [6.45, 7) is 5.58. The predicted molar refractivity (Wildman–Crippen MR) is 91.1 cm³/mol. The summed E-state index contributed by atoms with van der Waals surface area (Å²) in [7, 11) is -3.64. The lowest BCUT2D eigenvalue weighted by Gasteiger charge is -2.12. The number of rotatable bonds is 3. The van der Waals surface area contributed by atoms with Crippen LogP contribution in [-0.4, -0.2) is 13.4 Å². The first-order chi connectivity index (χ1) is 10.4. The Hall–Kier alpha value is -1.92. The van der Waals surface area contributed by atoms with E-state index in [0.29, 0.717) is 10.0 Å². The molecule has 22 heavy (non-hydrogen) atoms. The molecule has 0 aliphatic carbocycles. The molecular formula is C16H16N2O2S2. The van der Waals surface area contributed by atoms with Gasteiger partial charge in [-0.2, -0.15) is 0 Å². The average molecular weight is 332 g/mol. The SMILES string of the molecule is Cc1cc(C)c(S(=O)(=O)Nc2nc3ccccc3s2)c(C)c1. The number of benzene rings is 2. The van der Waals surface area contributed by atoms with Crippen molar-refractivity contribution in [3.8, 4) is 0 Å². The maximum absolute atomic E-state index is 12.7. The molecule has 0 aliphatic heterocycles. The highest BCUT2D eigenvalue weighted by atomic mass is 32.2. The number of para-hydroxylation sites is 1. The second-order valence-electron chi connectivity index (χ2n) is 5.32. The maximum Gasteiger partial charge on any atom is 0.264 e. The molecule has 1 aromatic heterocycles. The summed E-state index contributed by atoms with van der Waals surface area (Å²) < 4.78 is 28.9. The van der Waals surface area contributed by atoms with Crippen molar-refractivity contribution in [2.24, 2.45) is 0 Å². The van der Waals surface area contributed by atoms with Crippen molar-refractivity contribution in [2.75, 3.05) is 4.72 Å². The van der Waals surface area contributed by atoms with Crippen LogP contribution in [0.3, 0.4) is 0 Å². The van der Waals surface area contributed by atoms with E-state index in [9.17, 15) is 8.42 Å². The molecule has 0 unspecified atom stereocenters. The van der Waals surface area contributed by atoms with Crippen LogP contribution in [0.1, 0.15) is 16.7 Å². The van der Waals surface area contributed by atoms with Crippen LogP contribution in [0.15, 0.2) is 41.3 Å². The van der Waals surface area contributed by atoms with Crippen LogP contribution in [0.5, 0.6) is 0 Å². The Kier molecular flexibility index (Phi) is 3.66. The third kappa shape index (κ3) is 2.71. The highest BCUT2D eigenvalue weighted by Crippen LogP contribution is 2.29. The quantitative estimate of drug-likeness (QED) is 0.788. The van der Waals surface area contributed by atoms with Gasteiger partial charge in [0.25, 0.3) is 10.0 Å². The van der Waals surface area contributed by atoms with E-state index in [1.54, 1.807) is 0 Å². The highest BCUT2D eigenvalue weighted by molar-refractivity contribution is 7.93. The number of aromatic nitrogens is 1. The lowest BCUT2D eigenvalue weighted by molar-refractivity contribution is 0.600. The molecule has 0 atom stereocenters. The Morgan fingerprint density at radius 1 is 1.05 bits per heavy atom. The smallest absolute Gasteiger partial charge is 0.255 e. The van der Waals surface area contributed by atoms with E-state index < -0.39 is 10.0 Å². The van der Waals surface area contributed by atoms with E-state index in [-0.39, 0.29) is 0 Å². The van der Waals surface area contributed by atoms with E-state index in [2.05, 4.69) is 9.71 Å². The number of hydrogen-bond acceptors (Lipinski definition) is 4. The van der Waals surface area contributed by atoms with Gasteiger partial charge in [0.15, 0.2) is 5.13 Å². The number of hydrogen-bond donors (Lipinski definition) is 1. The zero-order valence-electron chi connectivity index (χ0n) is 12.5. The minimum atomic E-state index is -3.64. The fourth-order valence-electron chi connectivity index (χ4n) is 2.67. The van der Waals surface area contributed by atoms with Crippen LogP contribution in [-0.2, 0) is 10.0 Å². The summed E-state index contributed by atoms with van der Waals surface area (Å²) in [5.74, 6) is 0. The Morgan fingerprint density at radius 2 is 1.68 bits per heavy atom. The average Bonchev–Trinajstić information content (AvgIpc) is 2.77. The molecular weight excluding hydrogens is 316 g/mol. The molecule has 0 spiro atoms. The van der Waals surface area contributed by atoms with Gasteiger partial charge in [0.2, 0.25) is 0 Å². The van der Waals surface area contributed by atoms with E-state index in [1.807, 2.05) is 57.2 Å². The maximum atomic E-state index is 12.7. The molecule has 0 saturated heterocycles. The van der Waals surface area contributed by atoms with Gasteiger partial charge in [-0.1, -0.05) is 41.2 Å². The molecule has 0 bridgehead atoms. The number of fused-ring (bicyclic) bond motifs is 1. The number of sulfonamides is 1. The molecule has 0 radical (unpaired) electrons. The van der Waals surface area contributed by atoms with Crippen LogP contribution in [0, 0.1) is 20.8 Å². The number of nitrogens with one attached hydrogen (secondary N) is 1. The fraction of sp³-hybridized carbons (Fsp3) is 0.188. The summed E-state index contributed by atoms with van der Waals surface area (Å²) in [5.41, 5.74) is 3.33. The normalized spacial score (nSPS) is 11.8. The Bertz CT molecular complexity index is 903. The molecule has 0 amide bonds. The Balaban J connectivity index is 2.04. The second kappa shape index (κ2) is 5.37. The topological polar surface area (TPSA) is 59.1 Å². The molecule has 1 heterocycles. The molecule has 0 aliphatic rings. The number of aryl methyl sites for hydroxylation is 3. The van der Waals surface area contributed by atoms with Gasteiger partial charge in [0.05, 0.1) is 15.1 Å². The van der Waals surface area contributed by atoms with Crippen molar-refractivity contribution >= 4 is 36.7 Å². The van der Waals surface area contributed by atoms with Crippen LogP contribution in [0.4, 0.5) is 5.13 Å². The number of nitrogens with zero attached hydrogens (tertiary/aromatic N) is 1. The minimum absolute atomic E-state index is 0.331. The monoisotopic (exact) mass is 332 g/mol. The molecule has 0 saturated carbocycles. The van der Waals surface area contributed by atoms with Gasteiger partial charge in [0.1, 0.15) is 0 Å². The van der Waals surface area contributed by atoms with Gasteiger partial charge in [-0.15, -0.1) is 0 Å².